The standard InChI is InChI=1S/C17H13Cl2N5O3S/c1-21-17(27)12-13(15(20)25)24(7-22-12)9-4-2-8(3-5-9)23-16(26)10-6-11(18)28-14(10)19/h2-7H,1H3,(H2,20,25)(H,21,27)(H,23,26). The van der Waals surface area contributed by atoms with Crippen LogP contribution in [0.2, 0.25) is 8.67 Å². The van der Waals surface area contributed by atoms with Crippen LogP contribution < -0.4 is 16.4 Å². The summed E-state index contributed by atoms with van der Waals surface area (Å²) in [6.07, 6.45) is 1.32. The lowest BCUT2D eigenvalue weighted by Crippen LogP contribution is -2.25. The van der Waals surface area contributed by atoms with E-state index in [4.69, 9.17) is 28.9 Å². The van der Waals surface area contributed by atoms with Gasteiger partial charge in [0.25, 0.3) is 17.7 Å². The fourth-order valence-corrected chi connectivity index (χ4v) is 3.92. The molecule has 2 heterocycles. The average molecular weight is 438 g/mol. The molecule has 0 saturated carbocycles. The highest BCUT2D eigenvalue weighted by Gasteiger charge is 2.22. The number of nitrogens with one attached hydrogen (secondary N) is 2. The lowest BCUT2D eigenvalue weighted by atomic mass is 10.2. The minimum absolute atomic E-state index is 0.0455. The molecule has 0 aliphatic heterocycles. The number of amides is 3. The third-order valence-corrected chi connectivity index (χ3v) is 5.24. The van der Waals surface area contributed by atoms with Crippen LogP contribution in [0.3, 0.4) is 0 Å². The van der Waals surface area contributed by atoms with Crippen LogP contribution in [0.5, 0.6) is 0 Å². The number of hydrogen-bond acceptors (Lipinski definition) is 5. The summed E-state index contributed by atoms with van der Waals surface area (Å²) in [7, 11) is 1.43. The highest BCUT2D eigenvalue weighted by Crippen LogP contribution is 2.31. The van der Waals surface area contributed by atoms with Gasteiger partial charge in [-0.15, -0.1) is 11.3 Å². The molecular weight excluding hydrogens is 425 g/mol. The molecule has 0 radical (unpaired) electrons. The van der Waals surface area contributed by atoms with Crippen molar-refractivity contribution in [3.8, 4) is 5.69 Å². The Balaban J connectivity index is 1.86. The van der Waals surface area contributed by atoms with E-state index in [1.165, 1.54) is 24.0 Å². The maximum absolute atomic E-state index is 12.3. The molecule has 0 aliphatic rings. The first kappa shape index (κ1) is 19.9. The molecule has 1 aromatic carbocycles. The predicted octanol–water partition coefficient (Wildman–Crippen LogP) is 2.95. The predicted molar refractivity (Wildman–Crippen MR) is 108 cm³/mol. The Morgan fingerprint density at radius 2 is 1.82 bits per heavy atom. The summed E-state index contributed by atoms with van der Waals surface area (Å²) < 4.78 is 2.11. The molecule has 2 aromatic heterocycles. The fraction of sp³-hybridized carbons (Fsp3) is 0.0588. The van der Waals surface area contributed by atoms with Crippen molar-refractivity contribution in [1.82, 2.24) is 14.9 Å². The number of carbonyl (C=O) groups is 3. The molecule has 0 fully saturated rings. The van der Waals surface area contributed by atoms with E-state index in [0.717, 1.165) is 11.3 Å². The van der Waals surface area contributed by atoms with Gasteiger partial charge in [0, 0.05) is 18.4 Å². The number of benzene rings is 1. The number of thiophene rings is 1. The quantitative estimate of drug-likeness (QED) is 0.568. The maximum atomic E-state index is 12.3. The van der Waals surface area contributed by atoms with Crippen molar-refractivity contribution in [2.75, 3.05) is 12.4 Å². The van der Waals surface area contributed by atoms with Crippen molar-refractivity contribution in [2.24, 2.45) is 5.73 Å². The van der Waals surface area contributed by atoms with Gasteiger partial charge in [0.1, 0.15) is 16.4 Å². The van der Waals surface area contributed by atoms with E-state index in [1.54, 1.807) is 24.3 Å². The van der Waals surface area contributed by atoms with Gasteiger partial charge in [-0.2, -0.15) is 0 Å². The normalized spacial score (nSPS) is 10.5. The second-order valence-corrected chi connectivity index (χ2v) is 7.78. The Hall–Kier alpha value is -2.88. The van der Waals surface area contributed by atoms with Crippen LogP contribution in [-0.4, -0.2) is 34.3 Å². The summed E-state index contributed by atoms with van der Waals surface area (Å²) in [6, 6.07) is 8.02. The molecular formula is C17H13Cl2N5O3S. The molecule has 0 saturated heterocycles. The number of nitrogens with zero attached hydrogens (tertiary/aromatic N) is 2. The van der Waals surface area contributed by atoms with Gasteiger partial charge < -0.3 is 16.4 Å². The van der Waals surface area contributed by atoms with Crippen molar-refractivity contribution in [2.45, 2.75) is 0 Å². The number of rotatable bonds is 5. The topological polar surface area (TPSA) is 119 Å². The minimum atomic E-state index is -0.794. The largest absolute Gasteiger partial charge is 0.364 e. The summed E-state index contributed by atoms with van der Waals surface area (Å²) in [5.41, 5.74) is 6.60. The third-order valence-electron chi connectivity index (χ3n) is 3.75. The molecule has 8 nitrogen and oxygen atoms in total. The molecule has 0 aliphatic carbocycles. The Bertz CT molecular complexity index is 1080. The number of nitrogens with two attached hydrogens (primary N) is 1. The van der Waals surface area contributed by atoms with Crippen LogP contribution >= 0.6 is 34.5 Å². The second kappa shape index (κ2) is 8.01. The first-order chi connectivity index (χ1) is 13.3. The van der Waals surface area contributed by atoms with Crippen molar-refractivity contribution in [1.29, 1.82) is 0 Å². The van der Waals surface area contributed by atoms with E-state index in [9.17, 15) is 14.4 Å². The second-order valence-electron chi connectivity index (χ2n) is 5.49. The van der Waals surface area contributed by atoms with E-state index in [-0.39, 0.29) is 17.0 Å². The zero-order chi connectivity index (χ0) is 20.4. The van der Waals surface area contributed by atoms with Crippen LogP contribution in [-0.2, 0) is 0 Å². The number of primary amides is 1. The average Bonchev–Trinajstić information content (AvgIpc) is 3.25. The summed E-state index contributed by atoms with van der Waals surface area (Å²) in [5, 5.41) is 5.11. The van der Waals surface area contributed by atoms with Gasteiger partial charge in [-0.3, -0.25) is 19.0 Å². The summed E-state index contributed by atoms with van der Waals surface area (Å²) in [5.74, 6) is -1.72. The number of halogens is 2. The van der Waals surface area contributed by atoms with E-state index in [1.807, 2.05) is 0 Å². The SMILES string of the molecule is CNC(=O)c1ncn(-c2ccc(NC(=O)c3cc(Cl)sc3Cl)cc2)c1C(N)=O. The van der Waals surface area contributed by atoms with Gasteiger partial charge in [0.2, 0.25) is 0 Å². The van der Waals surface area contributed by atoms with E-state index in [0.29, 0.717) is 20.0 Å². The Kier molecular flexibility index (Phi) is 5.68. The van der Waals surface area contributed by atoms with Crippen LogP contribution in [0.15, 0.2) is 36.7 Å². The number of carbonyl (C=O) groups excluding carboxylic acids is 3. The lowest BCUT2D eigenvalue weighted by Gasteiger charge is -2.09. The van der Waals surface area contributed by atoms with Crippen LogP contribution in [0.25, 0.3) is 5.69 Å². The number of anilines is 1. The summed E-state index contributed by atoms with van der Waals surface area (Å²) in [4.78, 5) is 39.9. The van der Waals surface area contributed by atoms with Crippen molar-refractivity contribution in [3.05, 3.63) is 62.3 Å². The van der Waals surface area contributed by atoms with Gasteiger partial charge in [-0.05, 0) is 30.3 Å². The highest BCUT2D eigenvalue weighted by atomic mass is 35.5. The van der Waals surface area contributed by atoms with Crippen molar-refractivity contribution < 1.29 is 14.4 Å². The summed E-state index contributed by atoms with van der Waals surface area (Å²) >= 11 is 12.9. The molecule has 3 aromatic rings. The van der Waals surface area contributed by atoms with Gasteiger partial charge in [0.05, 0.1) is 9.90 Å². The van der Waals surface area contributed by atoms with Gasteiger partial charge in [-0.1, -0.05) is 23.2 Å². The Morgan fingerprint density at radius 3 is 2.36 bits per heavy atom. The zero-order valence-electron chi connectivity index (χ0n) is 14.3. The van der Waals surface area contributed by atoms with Gasteiger partial charge in [0.15, 0.2) is 5.69 Å². The number of aromatic nitrogens is 2. The number of hydrogen-bond donors (Lipinski definition) is 3. The van der Waals surface area contributed by atoms with Gasteiger partial charge in [-0.25, -0.2) is 4.98 Å². The molecule has 3 rings (SSSR count). The Morgan fingerprint density at radius 1 is 1.14 bits per heavy atom. The molecule has 144 valence electrons. The molecule has 4 N–H and O–H groups in total. The van der Waals surface area contributed by atoms with Crippen LogP contribution in [0, 0.1) is 0 Å². The molecule has 11 heteroatoms. The summed E-state index contributed by atoms with van der Waals surface area (Å²) in [6.45, 7) is 0. The molecule has 0 unspecified atom stereocenters. The monoisotopic (exact) mass is 437 g/mol. The van der Waals surface area contributed by atoms with Crippen molar-refractivity contribution >= 4 is 57.9 Å². The lowest BCUT2D eigenvalue weighted by molar-refractivity contribution is 0.0937. The van der Waals surface area contributed by atoms with Crippen LogP contribution in [0.4, 0.5) is 5.69 Å². The van der Waals surface area contributed by atoms with E-state index < -0.39 is 17.7 Å². The van der Waals surface area contributed by atoms with Gasteiger partial charge >= 0.3 is 0 Å². The number of imidazole rings is 1. The van der Waals surface area contributed by atoms with E-state index >= 15 is 0 Å². The fourth-order valence-electron chi connectivity index (χ4n) is 2.46. The first-order valence-electron chi connectivity index (χ1n) is 7.77. The highest BCUT2D eigenvalue weighted by molar-refractivity contribution is 7.20. The molecule has 0 spiro atoms. The molecule has 28 heavy (non-hydrogen) atoms. The molecule has 0 bridgehead atoms. The van der Waals surface area contributed by atoms with Crippen LogP contribution in [0.1, 0.15) is 31.3 Å². The molecule has 3 amide bonds. The smallest absolute Gasteiger partial charge is 0.272 e. The maximum Gasteiger partial charge on any atom is 0.272 e. The van der Waals surface area contributed by atoms with E-state index in [2.05, 4.69) is 15.6 Å². The third kappa shape index (κ3) is 3.86. The first-order valence-corrected chi connectivity index (χ1v) is 9.35. The zero-order valence-corrected chi connectivity index (χ0v) is 16.7. The Labute approximate surface area is 173 Å². The minimum Gasteiger partial charge on any atom is -0.364 e. The van der Waals surface area contributed by atoms with Crippen molar-refractivity contribution in [3.63, 3.8) is 0 Å². The molecule has 0 atom stereocenters.